The quantitative estimate of drug-likeness (QED) is 0.328. The topological polar surface area (TPSA) is 104 Å². The number of rotatable bonds is 7. The lowest BCUT2D eigenvalue weighted by molar-refractivity contribution is 0.0798. The molecular formula is C32H35ClN6O3. The van der Waals surface area contributed by atoms with Crippen LogP contribution in [-0.2, 0) is 0 Å². The lowest BCUT2D eigenvalue weighted by atomic mass is 9.98. The molecule has 5 heterocycles. The van der Waals surface area contributed by atoms with Gasteiger partial charge in [0.1, 0.15) is 5.82 Å². The second kappa shape index (κ2) is 12.6. The second-order valence-electron chi connectivity index (χ2n) is 11.2. The van der Waals surface area contributed by atoms with Crippen LogP contribution in [0.2, 0.25) is 5.02 Å². The Bertz CT molecular complexity index is 1540. The molecule has 6 rings (SSSR count). The van der Waals surface area contributed by atoms with Gasteiger partial charge in [-0.2, -0.15) is 0 Å². The molecule has 1 aromatic carbocycles. The first-order valence-corrected chi connectivity index (χ1v) is 14.8. The number of halogens is 1. The van der Waals surface area contributed by atoms with Crippen molar-refractivity contribution in [1.82, 2.24) is 25.2 Å². The van der Waals surface area contributed by atoms with Crippen molar-refractivity contribution in [2.75, 3.05) is 44.7 Å². The maximum atomic E-state index is 12.7. The molecule has 0 aliphatic carbocycles. The van der Waals surface area contributed by atoms with Crippen molar-refractivity contribution in [2.45, 2.75) is 31.4 Å². The van der Waals surface area contributed by atoms with Crippen molar-refractivity contribution >= 4 is 34.2 Å². The number of aliphatic hydroxyl groups excluding tert-OH is 1. The summed E-state index contributed by atoms with van der Waals surface area (Å²) in [5.74, 6) is 1.57. The third-order valence-electron chi connectivity index (χ3n) is 8.24. The van der Waals surface area contributed by atoms with Crippen LogP contribution < -0.4 is 15.0 Å². The number of nitrogens with one attached hydrogen (secondary N) is 1. The molecular weight excluding hydrogens is 552 g/mol. The highest BCUT2D eigenvalue weighted by Gasteiger charge is 2.30. The molecule has 0 unspecified atom stereocenters. The first kappa shape index (κ1) is 28.3. The van der Waals surface area contributed by atoms with E-state index in [0.29, 0.717) is 48.5 Å². The van der Waals surface area contributed by atoms with E-state index in [1.165, 1.54) is 0 Å². The predicted octanol–water partition coefficient (Wildman–Crippen LogP) is 4.44. The zero-order chi connectivity index (χ0) is 29.1. The van der Waals surface area contributed by atoms with Gasteiger partial charge < -0.3 is 25.0 Å². The number of hydrogen-bond donors (Lipinski definition) is 2. The molecule has 0 saturated carbocycles. The smallest absolute Gasteiger partial charge is 0.253 e. The summed E-state index contributed by atoms with van der Waals surface area (Å²) >= 11 is 6.17. The van der Waals surface area contributed by atoms with E-state index in [1.54, 1.807) is 30.5 Å². The molecule has 2 saturated heterocycles. The third-order valence-corrected chi connectivity index (χ3v) is 8.57. The lowest BCUT2D eigenvalue weighted by Gasteiger charge is -2.37. The average molecular weight is 587 g/mol. The molecule has 10 heteroatoms. The number of carbonyl (C=O) groups is 1. The van der Waals surface area contributed by atoms with Crippen molar-refractivity contribution in [3.63, 3.8) is 0 Å². The minimum absolute atomic E-state index is 0.285. The van der Waals surface area contributed by atoms with Gasteiger partial charge in [-0.3, -0.25) is 9.78 Å². The Morgan fingerprint density at radius 3 is 2.67 bits per heavy atom. The minimum atomic E-state index is -0.748. The van der Waals surface area contributed by atoms with E-state index in [2.05, 4.69) is 22.2 Å². The van der Waals surface area contributed by atoms with Gasteiger partial charge in [-0.1, -0.05) is 23.7 Å². The first-order valence-electron chi connectivity index (χ1n) is 14.5. The van der Waals surface area contributed by atoms with E-state index >= 15 is 0 Å². The molecule has 218 valence electrons. The molecule has 2 N–H and O–H groups in total. The summed E-state index contributed by atoms with van der Waals surface area (Å²) in [4.78, 5) is 31.2. The molecule has 2 fully saturated rings. The number of hydrogen-bond acceptors (Lipinski definition) is 8. The number of anilines is 1. The summed E-state index contributed by atoms with van der Waals surface area (Å²) in [7, 11) is 2.16. The molecule has 0 bridgehead atoms. The Morgan fingerprint density at radius 1 is 1.07 bits per heavy atom. The molecule has 4 aromatic rings. The number of likely N-dealkylation sites (tertiary alicyclic amines) is 1. The molecule has 0 radical (unpaired) electrons. The van der Waals surface area contributed by atoms with Crippen molar-refractivity contribution in [3.8, 4) is 17.1 Å². The standard InChI is InChI=1S/C32H35ClN6O3/c1-38-14-10-21(11-15-38)20-42-30-17-27-24(6-4-13-34-27)31(37-30)22-8-9-29(35-18-22)39-16-12-26(28(40)19-39)36-32(41)23-5-2-3-7-25(23)33/h2-9,13,17-18,21,26,28,40H,10-12,14-16,19-20H2,1H3,(H,36,41)/t26-,28-/m0/s1. The van der Waals surface area contributed by atoms with Gasteiger partial charge >= 0.3 is 0 Å². The van der Waals surface area contributed by atoms with Gasteiger partial charge in [-0.05, 0) is 81.7 Å². The van der Waals surface area contributed by atoms with Crippen molar-refractivity contribution in [1.29, 1.82) is 0 Å². The zero-order valence-corrected chi connectivity index (χ0v) is 24.4. The van der Waals surface area contributed by atoms with E-state index < -0.39 is 6.10 Å². The lowest BCUT2D eigenvalue weighted by Crippen LogP contribution is -2.54. The minimum Gasteiger partial charge on any atom is -0.477 e. The number of pyridine rings is 3. The van der Waals surface area contributed by atoms with E-state index in [0.717, 1.165) is 53.9 Å². The number of carbonyl (C=O) groups excluding carboxylic acids is 1. The van der Waals surface area contributed by atoms with Gasteiger partial charge in [-0.25, -0.2) is 9.97 Å². The molecule has 1 amide bonds. The predicted molar refractivity (Wildman–Crippen MR) is 164 cm³/mol. The van der Waals surface area contributed by atoms with Crippen LogP contribution in [0.15, 0.2) is 67.0 Å². The number of amides is 1. The molecule has 2 atom stereocenters. The summed E-state index contributed by atoms with van der Waals surface area (Å²) in [5.41, 5.74) is 2.87. The fourth-order valence-corrected chi connectivity index (χ4v) is 5.91. The van der Waals surface area contributed by atoms with Gasteiger partial charge in [0.15, 0.2) is 0 Å². The largest absolute Gasteiger partial charge is 0.477 e. The van der Waals surface area contributed by atoms with E-state index in [-0.39, 0.29) is 11.9 Å². The molecule has 2 aliphatic heterocycles. The highest BCUT2D eigenvalue weighted by atomic mass is 35.5. The Kier molecular flexibility index (Phi) is 8.51. The number of β-amino-alcohol motifs (C(OH)–C–C–N with tert-alkyl or cyclic N) is 1. The van der Waals surface area contributed by atoms with Crippen molar-refractivity contribution < 1.29 is 14.6 Å². The fraction of sp³-hybridized carbons (Fsp3) is 0.375. The van der Waals surface area contributed by atoms with Gasteiger partial charge in [0, 0.05) is 42.5 Å². The molecule has 0 spiro atoms. The zero-order valence-electron chi connectivity index (χ0n) is 23.6. The molecule has 42 heavy (non-hydrogen) atoms. The van der Waals surface area contributed by atoms with Crippen LogP contribution >= 0.6 is 11.6 Å². The van der Waals surface area contributed by atoms with Crippen LogP contribution in [0.25, 0.3) is 22.2 Å². The summed E-state index contributed by atoms with van der Waals surface area (Å²) in [5, 5.41) is 15.1. The maximum absolute atomic E-state index is 12.7. The average Bonchev–Trinajstić information content (AvgIpc) is 3.01. The second-order valence-corrected chi connectivity index (χ2v) is 11.6. The molecule has 2 aliphatic rings. The monoisotopic (exact) mass is 586 g/mol. The van der Waals surface area contributed by atoms with E-state index in [9.17, 15) is 9.90 Å². The Balaban J connectivity index is 1.13. The molecule has 3 aromatic heterocycles. The number of benzene rings is 1. The number of ether oxygens (including phenoxy) is 1. The summed E-state index contributed by atoms with van der Waals surface area (Å²) < 4.78 is 6.19. The highest BCUT2D eigenvalue weighted by molar-refractivity contribution is 6.33. The summed E-state index contributed by atoms with van der Waals surface area (Å²) in [6, 6.07) is 16.3. The number of piperidine rings is 2. The number of aromatic nitrogens is 3. The van der Waals surface area contributed by atoms with Crippen LogP contribution in [0.1, 0.15) is 29.6 Å². The van der Waals surface area contributed by atoms with Crippen molar-refractivity contribution in [3.05, 3.63) is 77.6 Å². The number of nitrogens with zero attached hydrogens (tertiary/aromatic N) is 5. The van der Waals surface area contributed by atoms with Crippen LogP contribution in [0.3, 0.4) is 0 Å². The van der Waals surface area contributed by atoms with Gasteiger partial charge in [-0.15, -0.1) is 0 Å². The highest BCUT2D eigenvalue weighted by Crippen LogP contribution is 2.30. The Morgan fingerprint density at radius 2 is 1.90 bits per heavy atom. The number of fused-ring (bicyclic) bond motifs is 1. The Hall–Kier alpha value is -3.79. The van der Waals surface area contributed by atoms with Gasteiger partial charge in [0.05, 0.1) is 40.5 Å². The van der Waals surface area contributed by atoms with E-state index in [4.69, 9.17) is 26.3 Å². The number of aliphatic hydroxyl groups is 1. The summed E-state index contributed by atoms with van der Waals surface area (Å²) in [6.07, 6.45) is 5.67. The molecule has 9 nitrogen and oxygen atoms in total. The first-order chi connectivity index (χ1) is 20.4. The summed E-state index contributed by atoms with van der Waals surface area (Å²) in [6.45, 7) is 3.83. The van der Waals surface area contributed by atoms with Gasteiger partial charge in [0.2, 0.25) is 5.88 Å². The third kappa shape index (κ3) is 6.33. The Labute approximate surface area is 250 Å². The van der Waals surface area contributed by atoms with Crippen LogP contribution in [0, 0.1) is 5.92 Å². The van der Waals surface area contributed by atoms with E-state index in [1.807, 2.05) is 41.4 Å². The fourth-order valence-electron chi connectivity index (χ4n) is 5.69. The van der Waals surface area contributed by atoms with Gasteiger partial charge in [0.25, 0.3) is 5.91 Å². The van der Waals surface area contributed by atoms with Crippen LogP contribution in [0.4, 0.5) is 5.82 Å². The van der Waals surface area contributed by atoms with Crippen LogP contribution in [-0.4, -0.2) is 82.8 Å². The SMILES string of the molecule is CN1CCC(COc2cc3ncccc3c(-c3ccc(N4CC[C@H](NC(=O)c5ccccc5Cl)[C@@H](O)C4)nc3)n2)CC1. The van der Waals surface area contributed by atoms with Crippen molar-refractivity contribution in [2.24, 2.45) is 5.92 Å². The normalized spacial score (nSPS) is 20.0. The maximum Gasteiger partial charge on any atom is 0.253 e. The van der Waals surface area contributed by atoms with Crippen LogP contribution in [0.5, 0.6) is 5.88 Å².